The predicted octanol–water partition coefficient (Wildman–Crippen LogP) is 4.35. The molecular weight excluding hydrogens is 218 g/mol. The van der Waals surface area contributed by atoms with Gasteiger partial charge in [0.05, 0.1) is 0 Å². The minimum absolute atomic E-state index is 0.626. The summed E-state index contributed by atoms with van der Waals surface area (Å²) in [6, 6.07) is 11.7. The predicted molar refractivity (Wildman–Crippen MR) is 78.9 cm³/mol. The highest BCUT2D eigenvalue weighted by atomic mass is 14.9. The van der Waals surface area contributed by atoms with Gasteiger partial charge in [-0.15, -0.1) is 0 Å². The van der Waals surface area contributed by atoms with Gasteiger partial charge in [0.25, 0.3) is 0 Å². The van der Waals surface area contributed by atoms with Crippen molar-refractivity contribution in [3.8, 4) is 0 Å². The number of hydrogen-bond acceptors (Lipinski definition) is 1. The third-order valence-electron chi connectivity index (χ3n) is 4.40. The molecule has 1 aliphatic carbocycles. The molecule has 0 radical (unpaired) electrons. The normalized spacial score (nSPS) is 19.9. The quantitative estimate of drug-likeness (QED) is 0.785. The smallest absolute Gasteiger partial charge is 0.0161 e. The third-order valence-corrected chi connectivity index (χ3v) is 4.40. The largest absolute Gasteiger partial charge is 0.313 e. The minimum atomic E-state index is 0.626. The first-order chi connectivity index (χ1) is 8.83. The van der Waals surface area contributed by atoms with E-state index >= 15 is 0 Å². The van der Waals surface area contributed by atoms with Crippen molar-refractivity contribution < 1.29 is 0 Å². The fourth-order valence-corrected chi connectivity index (χ4v) is 3.34. The van der Waals surface area contributed by atoms with E-state index in [1.807, 2.05) is 0 Å². The summed E-state index contributed by atoms with van der Waals surface area (Å²) in [5, 5.41) is 3.81. The lowest BCUT2D eigenvalue weighted by Gasteiger charge is -2.31. The number of hydrogen-bond donors (Lipinski definition) is 1. The fourth-order valence-electron chi connectivity index (χ4n) is 3.34. The summed E-state index contributed by atoms with van der Waals surface area (Å²) < 4.78 is 0. The molecule has 0 saturated heterocycles. The van der Waals surface area contributed by atoms with Gasteiger partial charge in [0, 0.05) is 6.04 Å². The average Bonchev–Trinajstić information content (AvgIpc) is 2.94. The van der Waals surface area contributed by atoms with Crippen molar-refractivity contribution in [2.45, 2.75) is 57.9 Å². The van der Waals surface area contributed by atoms with Gasteiger partial charge in [-0.3, -0.25) is 0 Å². The lowest BCUT2D eigenvalue weighted by atomic mass is 9.84. The summed E-state index contributed by atoms with van der Waals surface area (Å²) in [6.07, 6.45) is 6.91. The Hall–Kier alpha value is -0.820. The van der Waals surface area contributed by atoms with Gasteiger partial charge in [-0.05, 0) is 43.2 Å². The molecule has 1 fully saturated rings. The van der Waals surface area contributed by atoms with Gasteiger partial charge in [0.15, 0.2) is 0 Å². The molecule has 2 rings (SSSR count). The molecule has 100 valence electrons. The first-order valence-electron chi connectivity index (χ1n) is 7.61. The van der Waals surface area contributed by atoms with Crippen LogP contribution < -0.4 is 5.32 Å². The van der Waals surface area contributed by atoms with Gasteiger partial charge >= 0.3 is 0 Å². The van der Waals surface area contributed by atoms with Gasteiger partial charge in [-0.2, -0.15) is 0 Å². The molecule has 0 heterocycles. The van der Waals surface area contributed by atoms with Crippen LogP contribution in [0.5, 0.6) is 0 Å². The van der Waals surface area contributed by atoms with Gasteiger partial charge in [0.1, 0.15) is 0 Å². The number of rotatable bonds is 6. The van der Waals surface area contributed by atoms with Crippen LogP contribution in [0.3, 0.4) is 0 Å². The second kappa shape index (κ2) is 6.94. The first-order valence-corrected chi connectivity index (χ1v) is 7.61. The molecule has 0 aromatic heterocycles. The molecule has 2 unspecified atom stereocenters. The molecule has 1 N–H and O–H groups in total. The van der Waals surface area contributed by atoms with Crippen LogP contribution in [0.2, 0.25) is 0 Å². The zero-order chi connectivity index (χ0) is 12.8. The molecule has 1 nitrogen and oxygen atoms in total. The SMILES string of the molecule is CCCNC(C1CCCC1)C(C)c1ccccc1. The van der Waals surface area contributed by atoms with Crippen LogP contribution in [0.25, 0.3) is 0 Å². The van der Waals surface area contributed by atoms with Crippen molar-refractivity contribution in [1.82, 2.24) is 5.32 Å². The maximum Gasteiger partial charge on any atom is 0.0161 e. The fraction of sp³-hybridized carbons (Fsp3) is 0.647. The van der Waals surface area contributed by atoms with E-state index in [0.717, 1.165) is 12.5 Å². The molecule has 0 amide bonds. The molecule has 1 saturated carbocycles. The first kappa shape index (κ1) is 13.6. The summed E-state index contributed by atoms with van der Waals surface area (Å²) in [5.41, 5.74) is 1.48. The summed E-state index contributed by atoms with van der Waals surface area (Å²) in [5.74, 6) is 1.51. The van der Waals surface area contributed by atoms with E-state index in [4.69, 9.17) is 0 Å². The Kier molecular flexibility index (Phi) is 5.25. The van der Waals surface area contributed by atoms with Crippen LogP contribution in [-0.2, 0) is 0 Å². The Balaban J connectivity index is 2.07. The molecule has 1 aliphatic rings. The van der Waals surface area contributed by atoms with E-state index in [1.54, 1.807) is 0 Å². The number of benzene rings is 1. The van der Waals surface area contributed by atoms with E-state index in [9.17, 15) is 0 Å². The maximum atomic E-state index is 3.81. The van der Waals surface area contributed by atoms with Crippen LogP contribution in [-0.4, -0.2) is 12.6 Å². The molecule has 0 spiro atoms. The zero-order valence-electron chi connectivity index (χ0n) is 11.9. The van der Waals surface area contributed by atoms with Gasteiger partial charge in [-0.1, -0.05) is 57.0 Å². The average molecular weight is 245 g/mol. The maximum absolute atomic E-state index is 3.81. The minimum Gasteiger partial charge on any atom is -0.313 e. The van der Waals surface area contributed by atoms with Gasteiger partial charge in [0.2, 0.25) is 0 Å². The topological polar surface area (TPSA) is 12.0 Å². The Bertz CT molecular complexity index is 327. The standard InChI is InChI=1S/C17H27N/c1-3-13-18-17(16-11-7-8-12-16)14(2)15-9-5-4-6-10-15/h4-6,9-10,14,16-18H,3,7-8,11-13H2,1-2H3. The van der Waals surface area contributed by atoms with Crippen LogP contribution in [0.15, 0.2) is 30.3 Å². The summed E-state index contributed by atoms with van der Waals surface area (Å²) >= 11 is 0. The Labute approximate surface area is 112 Å². The zero-order valence-corrected chi connectivity index (χ0v) is 11.9. The van der Waals surface area contributed by atoms with E-state index in [0.29, 0.717) is 12.0 Å². The second-order valence-corrected chi connectivity index (χ2v) is 5.72. The molecule has 1 aromatic rings. The van der Waals surface area contributed by atoms with E-state index in [2.05, 4.69) is 49.5 Å². The van der Waals surface area contributed by atoms with Crippen LogP contribution in [0, 0.1) is 5.92 Å². The highest BCUT2D eigenvalue weighted by Crippen LogP contribution is 2.34. The van der Waals surface area contributed by atoms with E-state index in [-0.39, 0.29) is 0 Å². The lowest BCUT2D eigenvalue weighted by Crippen LogP contribution is -2.39. The highest BCUT2D eigenvalue weighted by molar-refractivity contribution is 5.21. The molecule has 2 atom stereocenters. The van der Waals surface area contributed by atoms with Crippen LogP contribution in [0.4, 0.5) is 0 Å². The molecule has 0 bridgehead atoms. The van der Waals surface area contributed by atoms with Crippen molar-refractivity contribution in [3.05, 3.63) is 35.9 Å². The van der Waals surface area contributed by atoms with E-state index in [1.165, 1.54) is 37.7 Å². The Morgan fingerprint density at radius 3 is 2.44 bits per heavy atom. The molecule has 1 heteroatoms. The third kappa shape index (κ3) is 3.35. The van der Waals surface area contributed by atoms with Crippen molar-refractivity contribution in [3.63, 3.8) is 0 Å². The van der Waals surface area contributed by atoms with Crippen molar-refractivity contribution in [1.29, 1.82) is 0 Å². The summed E-state index contributed by atoms with van der Waals surface area (Å²) in [7, 11) is 0. The van der Waals surface area contributed by atoms with Gasteiger partial charge < -0.3 is 5.32 Å². The van der Waals surface area contributed by atoms with Crippen molar-refractivity contribution in [2.75, 3.05) is 6.54 Å². The Morgan fingerprint density at radius 2 is 1.83 bits per heavy atom. The second-order valence-electron chi connectivity index (χ2n) is 5.72. The summed E-state index contributed by atoms with van der Waals surface area (Å²) in [4.78, 5) is 0. The van der Waals surface area contributed by atoms with Crippen molar-refractivity contribution >= 4 is 0 Å². The highest BCUT2D eigenvalue weighted by Gasteiger charge is 2.29. The molecule has 0 aliphatic heterocycles. The number of nitrogens with one attached hydrogen (secondary N) is 1. The monoisotopic (exact) mass is 245 g/mol. The Morgan fingerprint density at radius 1 is 1.17 bits per heavy atom. The lowest BCUT2D eigenvalue weighted by molar-refractivity contribution is 0.320. The van der Waals surface area contributed by atoms with Crippen LogP contribution >= 0.6 is 0 Å². The molecule has 1 aromatic carbocycles. The summed E-state index contributed by atoms with van der Waals surface area (Å²) in [6.45, 7) is 5.80. The van der Waals surface area contributed by atoms with Gasteiger partial charge in [-0.25, -0.2) is 0 Å². The molecule has 18 heavy (non-hydrogen) atoms. The van der Waals surface area contributed by atoms with E-state index < -0.39 is 0 Å². The van der Waals surface area contributed by atoms with Crippen molar-refractivity contribution in [2.24, 2.45) is 5.92 Å². The van der Waals surface area contributed by atoms with Crippen LogP contribution in [0.1, 0.15) is 57.4 Å². The molecular formula is C17H27N.